The standard InChI is InChI=1S/C11H15FN2O.C10H12Cl2N2/c1-15-11-8-9(12)2-3-10(11)14-6-4-13-5-7-14;11-8-1-2-10(9(12)7-8)14-5-3-13-4-6-14/h2-3,8,13H,4-7H2,1H3;1-2,7,13H,3-6H2. The molecule has 0 bridgehead atoms. The fourth-order valence-corrected chi connectivity index (χ4v) is 3.99. The molecule has 29 heavy (non-hydrogen) atoms. The molecule has 0 spiro atoms. The molecular formula is C21H27Cl2FN4O. The van der Waals surface area contributed by atoms with Gasteiger partial charge in [-0.15, -0.1) is 0 Å². The van der Waals surface area contributed by atoms with Gasteiger partial charge in [-0.1, -0.05) is 23.2 Å². The average molecular weight is 441 g/mol. The Balaban J connectivity index is 0.000000166. The van der Waals surface area contributed by atoms with Gasteiger partial charge in [-0.05, 0) is 30.3 Å². The number of ether oxygens (including phenoxy) is 1. The maximum absolute atomic E-state index is 13.0. The van der Waals surface area contributed by atoms with Crippen molar-refractivity contribution in [3.63, 3.8) is 0 Å². The molecule has 0 radical (unpaired) electrons. The Morgan fingerprint density at radius 2 is 1.38 bits per heavy atom. The maximum Gasteiger partial charge on any atom is 0.145 e. The predicted octanol–water partition coefficient (Wildman–Crippen LogP) is 3.65. The van der Waals surface area contributed by atoms with Crippen LogP contribution in [-0.2, 0) is 0 Å². The van der Waals surface area contributed by atoms with Crippen molar-refractivity contribution in [1.82, 2.24) is 10.6 Å². The van der Waals surface area contributed by atoms with Crippen molar-refractivity contribution in [1.29, 1.82) is 0 Å². The molecule has 158 valence electrons. The summed E-state index contributed by atoms with van der Waals surface area (Å²) < 4.78 is 18.2. The summed E-state index contributed by atoms with van der Waals surface area (Å²) in [5.41, 5.74) is 2.05. The largest absolute Gasteiger partial charge is 0.494 e. The van der Waals surface area contributed by atoms with E-state index in [2.05, 4.69) is 20.4 Å². The highest BCUT2D eigenvalue weighted by atomic mass is 35.5. The van der Waals surface area contributed by atoms with E-state index in [1.807, 2.05) is 12.1 Å². The van der Waals surface area contributed by atoms with Crippen molar-refractivity contribution < 1.29 is 9.13 Å². The van der Waals surface area contributed by atoms with Crippen LogP contribution in [0, 0.1) is 5.82 Å². The number of benzene rings is 2. The number of nitrogens with zero attached hydrogens (tertiary/aromatic N) is 2. The lowest BCUT2D eigenvalue weighted by Gasteiger charge is -2.30. The third kappa shape index (κ3) is 6.12. The third-order valence-corrected chi connectivity index (χ3v) is 5.50. The molecule has 0 aromatic heterocycles. The Morgan fingerprint density at radius 3 is 1.93 bits per heavy atom. The summed E-state index contributed by atoms with van der Waals surface area (Å²) in [7, 11) is 1.57. The molecule has 2 aliphatic rings. The number of rotatable bonds is 3. The molecule has 2 N–H and O–H groups in total. The lowest BCUT2D eigenvalue weighted by atomic mass is 10.2. The van der Waals surface area contributed by atoms with Crippen LogP contribution in [0.4, 0.5) is 15.8 Å². The monoisotopic (exact) mass is 440 g/mol. The molecule has 0 atom stereocenters. The van der Waals surface area contributed by atoms with Gasteiger partial charge in [0.15, 0.2) is 0 Å². The minimum absolute atomic E-state index is 0.259. The summed E-state index contributed by atoms with van der Waals surface area (Å²) in [6.07, 6.45) is 0. The van der Waals surface area contributed by atoms with E-state index in [4.69, 9.17) is 27.9 Å². The van der Waals surface area contributed by atoms with Gasteiger partial charge in [-0.25, -0.2) is 4.39 Å². The average Bonchev–Trinajstić information content (AvgIpc) is 2.75. The zero-order valence-electron chi connectivity index (χ0n) is 16.6. The van der Waals surface area contributed by atoms with Crippen molar-refractivity contribution in [2.24, 2.45) is 0 Å². The Labute approximate surface area is 181 Å². The lowest BCUT2D eigenvalue weighted by molar-refractivity contribution is 0.409. The lowest BCUT2D eigenvalue weighted by Crippen LogP contribution is -2.43. The van der Waals surface area contributed by atoms with Crippen LogP contribution in [0.15, 0.2) is 36.4 Å². The Hall–Kier alpha value is -1.73. The summed E-state index contributed by atoms with van der Waals surface area (Å²) in [6.45, 7) is 7.81. The molecule has 2 aromatic rings. The first-order chi connectivity index (χ1) is 14.1. The van der Waals surface area contributed by atoms with Crippen LogP contribution in [0.1, 0.15) is 0 Å². The van der Waals surface area contributed by atoms with Crippen molar-refractivity contribution in [3.05, 3.63) is 52.3 Å². The molecule has 2 fully saturated rings. The zero-order valence-corrected chi connectivity index (χ0v) is 18.1. The van der Waals surface area contributed by atoms with Crippen LogP contribution in [-0.4, -0.2) is 59.5 Å². The maximum atomic E-state index is 13.0. The molecular weight excluding hydrogens is 414 g/mol. The normalized spacial score (nSPS) is 16.8. The first-order valence-corrected chi connectivity index (χ1v) is 10.5. The third-order valence-electron chi connectivity index (χ3n) is 4.97. The van der Waals surface area contributed by atoms with Crippen molar-refractivity contribution >= 4 is 34.6 Å². The molecule has 8 heteroatoms. The number of hydrogen-bond donors (Lipinski definition) is 2. The second-order valence-corrected chi connectivity index (χ2v) is 7.73. The SMILES string of the molecule is COc1cc(F)ccc1N1CCNCC1.Clc1ccc(N2CCNCC2)c(Cl)c1. The minimum Gasteiger partial charge on any atom is -0.494 e. The summed E-state index contributed by atoms with van der Waals surface area (Å²) in [5, 5.41) is 8.01. The molecule has 2 aromatic carbocycles. The van der Waals surface area contributed by atoms with Gasteiger partial charge in [-0.3, -0.25) is 0 Å². The second-order valence-electron chi connectivity index (χ2n) is 6.89. The Bertz CT molecular complexity index is 796. The van der Waals surface area contributed by atoms with Crippen molar-refractivity contribution in [3.8, 4) is 5.75 Å². The van der Waals surface area contributed by atoms with E-state index in [9.17, 15) is 4.39 Å². The van der Waals surface area contributed by atoms with E-state index in [-0.39, 0.29) is 5.82 Å². The van der Waals surface area contributed by atoms with Crippen LogP contribution in [0.5, 0.6) is 5.75 Å². The molecule has 0 saturated carbocycles. The Kier molecular flexibility index (Phi) is 8.24. The second kappa shape index (κ2) is 10.9. The summed E-state index contributed by atoms with van der Waals surface area (Å²) in [5.74, 6) is 0.350. The van der Waals surface area contributed by atoms with Gasteiger partial charge in [0.25, 0.3) is 0 Å². The van der Waals surface area contributed by atoms with Gasteiger partial charge in [0.05, 0.1) is 23.5 Å². The summed E-state index contributed by atoms with van der Waals surface area (Å²) >= 11 is 12.0. The Morgan fingerprint density at radius 1 is 0.828 bits per heavy atom. The number of nitrogens with one attached hydrogen (secondary N) is 2. The van der Waals surface area contributed by atoms with Gasteiger partial charge < -0.3 is 25.2 Å². The number of piperazine rings is 2. The van der Waals surface area contributed by atoms with E-state index in [0.717, 1.165) is 68.8 Å². The fourth-order valence-electron chi connectivity index (χ4n) is 3.46. The molecule has 4 rings (SSSR count). The highest BCUT2D eigenvalue weighted by Gasteiger charge is 2.15. The molecule has 0 unspecified atom stereocenters. The van der Waals surface area contributed by atoms with Gasteiger partial charge >= 0.3 is 0 Å². The van der Waals surface area contributed by atoms with E-state index in [1.54, 1.807) is 19.2 Å². The first-order valence-electron chi connectivity index (χ1n) is 9.78. The molecule has 0 amide bonds. The predicted molar refractivity (Wildman–Crippen MR) is 120 cm³/mol. The number of methoxy groups -OCH3 is 1. The van der Waals surface area contributed by atoms with E-state index in [1.165, 1.54) is 12.1 Å². The van der Waals surface area contributed by atoms with Crippen LogP contribution < -0.4 is 25.2 Å². The molecule has 0 aliphatic carbocycles. The van der Waals surface area contributed by atoms with Gasteiger partial charge in [0, 0.05) is 63.4 Å². The number of halogens is 3. The number of hydrogen-bond acceptors (Lipinski definition) is 5. The van der Waals surface area contributed by atoms with E-state index >= 15 is 0 Å². The van der Waals surface area contributed by atoms with E-state index < -0.39 is 0 Å². The minimum atomic E-state index is -0.259. The summed E-state index contributed by atoms with van der Waals surface area (Å²) in [6, 6.07) is 10.3. The molecule has 2 aliphatic heterocycles. The van der Waals surface area contributed by atoms with E-state index in [0.29, 0.717) is 10.8 Å². The van der Waals surface area contributed by atoms with Crippen LogP contribution in [0.3, 0.4) is 0 Å². The van der Waals surface area contributed by atoms with Gasteiger partial charge in [-0.2, -0.15) is 0 Å². The van der Waals surface area contributed by atoms with Crippen molar-refractivity contribution in [2.75, 3.05) is 69.3 Å². The zero-order chi connectivity index (χ0) is 20.6. The first kappa shape index (κ1) is 22.0. The van der Waals surface area contributed by atoms with Gasteiger partial charge in [0.2, 0.25) is 0 Å². The molecule has 5 nitrogen and oxygen atoms in total. The molecule has 2 saturated heterocycles. The van der Waals surface area contributed by atoms with Gasteiger partial charge in [0.1, 0.15) is 11.6 Å². The van der Waals surface area contributed by atoms with Crippen LogP contribution in [0.25, 0.3) is 0 Å². The topological polar surface area (TPSA) is 39.8 Å². The quantitative estimate of drug-likeness (QED) is 0.761. The smallest absolute Gasteiger partial charge is 0.145 e. The summed E-state index contributed by atoms with van der Waals surface area (Å²) in [4.78, 5) is 4.48. The highest BCUT2D eigenvalue weighted by molar-refractivity contribution is 6.36. The highest BCUT2D eigenvalue weighted by Crippen LogP contribution is 2.29. The van der Waals surface area contributed by atoms with Crippen LogP contribution in [0.2, 0.25) is 10.0 Å². The molecule has 2 heterocycles. The van der Waals surface area contributed by atoms with Crippen molar-refractivity contribution in [2.45, 2.75) is 0 Å². The number of anilines is 2. The fraction of sp³-hybridized carbons (Fsp3) is 0.429. The van der Waals surface area contributed by atoms with Crippen LogP contribution >= 0.6 is 23.2 Å².